The van der Waals surface area contributed by atoms with Crippen LogP contribution in [0.25, 0.3) is 11.8 Å². The minimum atomic E-state index is -0.480. The van der Waals surface area contributed by atoms with Crippen LogP contribution in [-0.4, -0.2) is 51.7 Å². The highest BCUT2D eigenvalue weighted by Gasteiger charge is 2.18. The van der Waals surface area contributed by atoms with Gasteiger partial charge in [0.25, 0.3) is 0 Å². The number of rotatable bonds is 6. The number of halogens is 2. The summed E-state index contributed by atoms with van der Waals surface area (Å²) >= 11 is 0. The lowest BCUT2D eigenvalue weighted by Gasteiger charge is -2.15. The number of aromatic nitrogens is 3. The number of allylic oxidation sites excluding steroid dienone is 2. The number of anilines is 3. The Hall–Kier alpha value is -4.51. The van der Waals surface area contributed by atoms with E-state index in [0.29, 0.717) is 29.0 Å². The van der Waals surface area contributed by atoms with E-state index in [9.17, 15) is 8.78 Å². The van der Waals surface area contributed by atoms with E-state index < -0.39 is 5.82 Å². The second kappa shape index (κ2) is 10.1. The Morgan fingerprint density at radius 3 is 2.82 bits per heavy atom. The number of hydrogen-bond donors (Lipinski definition) is 3. The molecule has 0 bridgehead atoms. The van der Waals surface area contributed by atoms with Crippen molar-refractivity contribution >= 4 is 35.2 Å². The molecule has 0 radical (unpaired) electrons. The van der Waals surface area contributed by atoms with E-state index in [1.807, 2.05) is 18.2 Å². The molecule has 4 N–H and O–H groups in total. The summed E-state index contributed by atoms with van der Waals surface area (Å²) < 4.78 is 35.5. The Morgan fingerprint density at radius 2 is 1.97 bits per heavy atom. The molecule has 0 spiro atoms. The van der Waals surface area contributed by atoms with Crippen LogP contribution in [0.5, 0.6) is 5.75 Å². The molecule has 3 aliphatic rings. The van der Waals surface area contributed by atoms with Crippen molar-refractivity contribution in [3.05, 3.63) is 82.3 Å². The van der Waals surface area contributed by atoms with Crippen molar-refractivity contribution in [2.75, 3.05) is 37.3 Å². The van der Waals surface area contributed by atoms with Gasteiger partial charge in [-0.05, 0) is 61.5 Å². The molecule has 1 saturated heterocycles. The number of nitrogens with two attached hydrogens (primary N) is 1. The summed E-state index contributed by atoms with van der Waals surface area (Å²) in [5, 5.41) is 13.3. The van der Waals surface area contributed by atoms with Crippen LogP contribution in [0.3, 0.4) is 0 Å². The summed E-state index contributed by atoms with van der Waals surface area (Å²) in [7, 11) is 0. The number of ether oxygens (including phenoxy) is 1. The number of fused-ring (bicyclic) bond motifs is 2. The summed E-state index contributed by atoms with van der Waals surface area (Å²) in [5.74, 6) is 0.0374. The fraction of sp³-hybridized carbons (Fsp3) is 0.222. The number of nitrogens with one attached hydrogen (secondary N) is 2. The molecule has 9 nitrogen and oxygen atoms in total. The average Bonchev–Trinajstić information content (AvgIpc) is 3.51. The molecule has 1 aliphatic carbocycles. The molecule has 2 aliphatic heterocycles. The first-order valence-electron chi connectivity index (χ1n) is 12.4. The molecular weight excluding hydrogens is 490 g/mol. The third-order valence-corrected chi connectivity index (χ3v) is 6.59. The molecule has 3 aromatic rings. The Labute approximate surface area is 217 Å². The Kier molecular flexibility index (Phi) is 6.34. The van der Waals surface area contributed by atoms with Crippen LogP contribution in [0.1, 0.15) is 12.8 Å². The largest absolute Gasteiger partial charge is 0.489 e. The normalized spacial score (nSPS) is 16.5. The molecule has 1 fully saturated rings. The molecule has 0 saturated carbocycles. The molecule has 194 valence electrons. The van der Waals surface area contributed by atoms with Crippen LogP contribution in [0.4, 0.5) is 26.4 Å². The maximum absolute atomic E-state index is 14.6. The van der Waals surface area contributed by atoms with Gasteiger partial charge in [0.05, 0.1) is 5.70 Å². The second-order valence-corrected chi connectivity index (χ2v) is 9.19. The van der Waals surface area contributed by atoms with Crippen LogP contribution >= 0.6 is 0 Å². The topological polar surface area (TPSA) is 106 Å². The highest BCUT2D eigenvalue weighted by atomic mass is 19.1. The van der Waals surface area contributed by atoms with Crippen molar-refractivity contribution in [3.8, 4) is 5.75 Å². The predicted octanol–water partition coefficient (Wildman–Crippen LogP) is 2.21. The lowest BCUT2D eigenvalue weighted by atomic mass is 10.1. The molecule has 0 amide bonds. The maximum atomic E-state index is 14.6. The van der Waals surface area contributed by atoms with Gasteiger partial charge in [-0.1, -0.05) is 24.3 Å². The fourth-order valence-corrected chi connectivity index (χ4v) is 4.68. The lowest BCUT2D eigenvalue weighted by molar-refractivity contribution is 0.231. The van der Waals surface area contributed by atoms with Gasteiger partial charge in [-0.3, -0.25) is 10.3 Å². The van der Waals surface area contributed by atoms with Crippen molar-refractivity contribution < 1.29 is 13.5 Å². The van der Waals surface area contributed by atoms with Gasteiger partial charge >= 0.3 is 0 Å². The monoisotopic (exact) mass is 516 g/mol. The maximum Gasteiger partial charge on any atom is 0.248 e. The van der Waals surface area contributed by atoms with Crippen molar-refractivity contribution in [2.24, 2.45) is 5.10 Å². The SMILES string of the molecule is Nc1nc(Nc2ccc(OCCN3CCCC3)c(F)c2)nn1C1=NNC2=c3cc(F)ccc3=CC=CC2=C1. The first kappa shape index (κ1) is 23.9. The molecule has 0 atom stereocenters. The first-order valence-corrected chi connectivity index (χ1v) is 12.4. The zero-order chi connectivity index (χ0) is 26.1. The Balaban J connectivity index is 1.17. The van der Waals surface area contributed by atoms with Gasteiger partial charge in [-0.25, -0.2) is 8.78 Å². The Morgan fingerprint density at radius 1 is 1.11 bits per heavy atom. The van der Waals surface area contributed by atoms with E-state index in [2.05, 4.69) is 30.8 Å². The van der Waals surface area contributed by atoms with Gasteiger partial charge in [0.2, 0.25) is 11.9 Å². The molecule has 38 heavy (non-hydrogen) atoms. The number of likely N-dealkylation sites (tertiary alicyclic amines) is 1. The zero-order valence-corrected chi connectivity index (χ0v) is 20.5. The van der Waals surface area contributed by atoms with Crippen LogP contribution in [-0.2, 0) is 0 Å². The van der Waals surface area contributed by atoms with Crippen molar-refractivity contribution in [1.82, 2.24) is 25.1 Å². The van der Waals surface area contributed by atoms with E-state index in [-0.39, 0.29) is 23.5 Å². The van der Waals surface area contributed by atoms with Gasteiger partial charge in [-0.15, -0.1) is 5.10 Å². The molecule has 2 aromatic carbocycles. The summed E-state index contributed by atoms with van der Waals surface area (Å²) in [6.45, 7) is 3.36. The van der Waals surface area contributed by atoms with E-state index in [4.69, 9.17) is 10.5 Å². The predicted molar refractivity (Wildman–Crippen MR) is 142 cm³/mol. The zero-order valence-electron chi connectivity index (χ0n) is 20.5. The van der Waals surface area contributed by atoms with Gasteiger partial charge in [0, 0.05) is 29.1 Å². The first-order chi connectivity index (χ1) is 18.5. The molecule has 1 aromatic heterocycles. The lowest BCUT2D eigenvalue weighted by Crippen LogP contribution is -2.33. The summed E-state index contributed by atoms with van der Waals surface area (Å²) in [6, 6.07) is 9.20. The van der Waals surface area contributed by atoms with Crippen LogP contribution in [0.15, 0.2) is 65.3 Å². The quantitative estimate of drug-likeness (QED) is 0.461. The number of hydrazone groups is 1. The van der Waals surface area contributed by atoms with Gasteiger partial charge in [-0.2, -0.15) is 14.8 Å². The minimum Gasteiger partial charge on any atom is -0.489 e. The van der Waals surface area contributed by atoms with Gasteiger partial charge in [0.15, 0.2) is 17.4 Å². The smallest absolute Gasteiger partial charge is 0.248 e. The Bertz CT molecular complexity index is 1600. The van der Waals surface area contributed by atoms with E-state index in [1.165, 1.54) is 35.7 Å². The summed E-state index contributed by atoms with van der Waals surface area (Å²) in [5.41, 5.74) is 11.0. The molecule has 0 unspecified atom stereocenters. The second-order valence-electron chi connectivity index (χ2n) is 9.19. The fourth-order valence-electron chi connectivity index (χ4n) is 4.68. The van der Waals surface area contributed by atoms with Crippen LogP contribution < -0.4 is 31.7 Å². The molecule has 11 heteroatoms. The van der Waals surface area contributed by atoms with Crippen molar-refractivity contribution in [3.63, 3.8) is 0 Å². The third kappa shape index (κ3) is 4.88. The average molecular weight is 517 g/mol. The van der Waals surface area contributed by atoms with Crippen LogP contribution in [0, 0.1) is 11.6 Å². The van der Waals surface area contributed by atoms with E-state index >= 15 is 0 Å². The summed E-state index contributed by atoms with van der Waals surface area (Å²) in [4.78, 5) is 6.55. The number of nitrogens with zero attached hydrogens (tertiary/aromatic N) is 5. The summed E-state index contributed by atoms with van der Waals surface area (Å²) in [6.07, 6.45) is 9.85. The highest BCUT2D eigenvalue weighted by Crippen LogP contribution is 2.24. The standard InChI is InChI=1S/C27H26F2N8O/c28-19-7-6-17-4-3-5-18-14-24(33-34-25(18)21(17)15-19)37-26(30)32-27(35-37)31-20-8-9-23(22(29)16-20)38-13-12-36-10-1-2-11-36/h3-9,14-16,34H,1-2,10-13H2,(H3,30,31,32,35). The van der Waals surface area contributed by atoms with Gasteiger partial charge in [0.1, 0.15) is 12.4 Å². The third-order valence-electron chi connectivity index (χ3n) is 6.59. The van der Waals surface area contributed by atoms with Crippen LogP contribution in [0.2, 0.25) is 0 Å². The van der Waals surface area contributed by atoms with E-state index in [0.717, 1.165) is 30.4 Å². The number of benzene rings is 2. The molecular formula is C27H26F2N8O. The number of hydrogen-bond acceptors (Lipinski definition) is 8. The van der Waals surface area contributed by atoms with E-state index in [1.54, 1.807) is 24.3 Å². The van der Waals surface area contributed by atoms with Gasteiger partial charge < -0.3 is 15.8 Å². The van der Waals surface area contributed by atoms with Crippen molar-refractivity contribution in [1.29, 1.82) is 0 Å². The molecule has 6 rings (SSSR count). The minimum absolute atomic E-state index is 0.0892. The highest BCUT2D eigenvalue weighted by molar-refractivity contribution is 6.01. The molecule has 3 heterocycles. The number of nitrogen functional groups attached to an aromatic ring is 1. The van der Waals surface area contributed by atoms with Crippen molar-refractivity contribution in [2.45, 2.75) is 12.8 Å².